The molecule has 6 nitrogen and oxygen atoms in total. The van der Waals surface area contributed by atoms with Crippen LogP contribution in [0.3, 0.4) is 0 Å². The van der Waals surface area contributed by atoms with Crippen molar-refractivity contribution in [2.24, 2.45) is 4.99 Å². The Morgan fingerprint density at radius 3 is 2.68 bits per heavy atom. The summed E-state index contributed by atoms with van der Waals surface area (Å²) in [6, 6.07) is 9.96. The average Bonchev–Trinajstić information content (AvgIpc) is 2.59. The van der Waals surface area contributed by atoms with E-state index in [-0.39, 0.29) is 48.8 Å². The van der Waals surface area contributed by atoms with Gasteiger partial charge in [-0.25, -0.2) is 9.38 Å². The summed E-state index contributed by atoms with van der Waals surface area (Å²) in [4.78, 5) is 20.1. The Bertz CT molecular complexity index is 696. The van der Waals surface area contributed by atoms with E-state index in [9.17, 15) is 9.18 Å². The number of amides is 1. The smallest absolute Gasteiger partial charge is 0.243 e. The van der Waals surface area contributed by atoms with E-state index < -0.39 is 0 Å². The highest BCUT2D eigenvalue weighted by Crippen LogP contribution is 2.07. The Morgan fingerprint density at radius 1 is 1.20 bits per heavy atom. The van der Waals surface area contributed by atoms with Gasteiger partial charge < -0.3 is 16.0 Å². The first kappa shape index (κ1) is 20.8. The molecule has 3 N–H and O–H groups in total. The number of benzene rings is 1. The van der Waals surface area contributed by atoms with Crippen molar-refractivity contribution in [2.45, 2.75) is 13.5 Å². The lowest BCUT2D eigenvalue weighted by molar-refractivity contribution is -0.115. The van der Waals surface area contributed by atoms with E-state index in [4.69, 9.17) is 0 Å². The summed E-state index contributed by atoms with van der Waals surface area (Å²) in [6.07, 6.45) is 3.20. The lowest BCUT2D eigenvalue weighted by Gasteiger charge is -2.11. The average molecular weight is 457 g/mol. The van der Waals surface area contributed by atoms with Crippen LogP contribution >= 0.6 is 24.0 Å². The number of nitrogens with one attached hydrogen (secondary N) is 3. The van der Waals surface area contributed by atoms with E-state index in [1.165, 1.54) is 6.07 Å². The fraction of sp³-hybridized carbons (Fsp3) is 0.235. The van der Waals surface area contributed by atoms with Crippen LogP contribution in [0.4, 0.5) is 10.1 Å². The minimum Gasteiger partial charge on any atom is -0.357 e. The Labute approximate surface area is 163 Å². The van der Waals surface area contributed by atoms with E-state index in [1.54, 1.807) is 42.7 Å². The van der Waals surface area contributed by atoms with E-state index >= 15 is 0 Å². The maximum Gasteiger partial charge on any atom is 0.243 e. The first-order valence-corrected chi connectivity index (χ1v) is 7.64. The Balaban J connectivity index is 0.00000312. The van der Waals surface area contributed by atoms with E-state index in [0.29, 0.717) is 23.8 Å². The van der Waals surface area contributed by atoms with E-state index in [2.05, 4.69) is 25.9 Å². The highest BCUT2D eigenvalue weighted by molar-refractivity contribution is 14.0. The third kappa shape index (κ3) is 7.46. The fourth-order valence-electron chi connectivity index (χ4n) is 1.94. The van der Waals surface area contributed by atoms with Gasteiger partial charge in [0, 0.05) is 18.3 Å². The van der Waals surface area contributed by atoms with Gasteiger partial charge in [0.1, 0.15) is 5.82 Å². The zero-order valence-electron chi connectivity index (χ0n) is 13.8. The molecule has 0 atom stereocenters. The van der Waals surface area contributed by atoms with Crippen molar-refractivity contribution < 1.29 is 9.18 Å². The molecule has 1 heterocycles. The molecular weight excluding hydrogens is 436 g/mol. The van der Waals surface area contributed by atoms with Gasteiger partial charge in [-0.1, -0.05) is 18.2 Å². The molecule has 0 saturated heterocycles. The molecular formula is C17H21FIN5O. The number of halogens is 2. The summed E-state index contributed by atoms with van der Waals surface area (Å²) in [6.45, 7) is 2.77. The molecule has 2 aromatic rings. The molecule has 1 aromatic carbocycles. The van der Waals surface area contributed by atoms with Crippen molar-refractivity contribution in [3.63, 3.8) is 0 Å². The topological polar surface area (TPSA) is 78.4 Å². The molecule has 0 spiro atoms. The normalized spacial score (nSPS) is 10.6. The SMILES string of the molecule is CCNC(=NCc1ccccc1F)NCC(=O)Nc1cccnc1.I. The van der Waals surface area contributed by atoms with Crippen molar-refractivity contribution in [1.82, 2.24) is 15.6 Å². The highest BCUT2D eigenvalue weighted by atomic mass is 127. The van der Waals surface area contributed by atoms with Crippen LogP contribution in [0, 0.1) is 5.82 Å². The van der Waals surface area contributed by atoms with Gasteiger partial charge in [0.05, 0.1) is 25.0 Å². The Morgan fingerprint density at radius 2 is 2.00 bits per heavy atom. The summed E-state index contributed by atoms with van der Waals surface area (Å²) in [5.74, 6) is -0.0759. The van der Waals surface area contributed by atoms with Crippen LogP contribution in [-0.2, 0) is 11.3 Å². The summed E-state index contributed by atoms with van der Waals surface area (Å²) in [5, 5.41) is 8.65. The number of hydrogen-bond acceptors (Lipinski definition) is 3. The van der Waals surface area contributed by atoms with Crippen LogP contribution in [0.25, 0.3) is 0 Å². The number of carbonyl (C=O) groups excluding carboxylic acids is 1. The molecule has 0 aliphatic rings. The lowest BCUT2D eigenvalue weighted by atomic mass is 10.2. The number of pyridine rings is 1. The van der Waals surface area contributed by atoms with Crippen LogP contribution in [0.15, 0.2) is 53.8 Å². The second kappa shape index (κ2) is 11.3. The number of aliphatic imine (C=N–C) groups is 1. The molecule has 0 unspecified atom stereocenters. The van der Waals surface area contributed by atoms with Gasteiger partial charge in [-0.3, -0.25) is 9.78 Å². The van der Waals surface area contributed by atoms with Gasteiger partial charge in [-0.2, -0.15) is 0 Å². The van der Waals surface area contributed by atoms with E-state index in [1.807, 2.05) is 6.92 Å². The number of aromatic nitrogens is 1. The molecule has 1 amide bonds. The monoisotopic (exact) mass is 457 g/mol. The molecule has 1 aromatic heterocycles. The zero-order valence-corrected chi connectivity index (χ0v) is 16.2. The fourth-order valence-corrected chi connectivity index (χ4v) is 1.94. The van der Waals surface area contributed by atoms with Crippen LogP contribution < -0.4 is 16.0 Å². The van der Waals surface area contributed by atoms with Crippen molar-refractivity contribution in [1.29, 1.82) is 0 Å². The summed E-state index contributed by atoms with van der Waals surface area (Å²) >= 11 is 0. The van der Waals surface area contributed by atoms with Gasteiger partial charge >= 0.3 is 0 Å². The molecule has 2 rings (SSSR count). The number of hydrogen-bond donors (Lipinski definition) is 3. The standard InChI is InChI=1S/C17H20FN5O.HI/c1-2-20-17(21-10-13-6-3-4-8-15(13)18)22-12-16(24)23-14-7-5-9-19-11-14;/h3-9,11H,2,10,12H2,1H3,(H,23,24)(H2,20,21,22);1H. The summed E-state index contributed by atoms with van der Waals surface area (Å²) in [7, 11) is 0. The minimum atomic E-state index is -0.300. The first-order valence-electron chi connectivity index (χ1n) is 7.64. The van der Waals surface area contributed by atoms with Crippen LogP contribution in [-0.4, -0.2) is 29.9 Å². The number of anilines is 1. The van der Waals surface area contributed by atoms with Gasteiger partial charge in [0.15, 0.2) is 5.96 Å². The van der Waals surface area contributed by atoms with Crippen LogP contribution in [0.5, 0.6) is 0 Å². The summed E-state index contributed by atoms with van der Waals surface area (Å²) < 4.78 is 13.6. The lowest BCUT2D eigenvalue weighted by Crippen LogP contribution is -2.41. The predicted octanol–water partition coefficient (Wildman–Crippen LogP) is 2.53. The van der Waals surface area contributed by atoms with Gasteiger partial charge in [-0.15, -0.1) is 24.0 Å². The van der Waals surface area contributed by atoms with E-state index in [0.717, 1.165) is 0 Å². The number of rotatable bonds is 6. The van der Waals surface area contributed by atoms with Crippen LogP contribution in [0.1, 0.15) is 12.5 Å². The molecule has 0 saturated carbocycles. The second-order valence-electron chi connectivity index (χ2n) is 4.93. The second-order valence-corrected chi connectivity index (χ2v) is 4.93. The Hall–Kier alpha value is -2.23. The van der Waals surface area contributed by atoms with Crippen molar-refractivity contribution in [2.75, 3.05) is 18.4 Å². The quantitative estimate of drug-likeness (QED) is 0.354. The largest absolute Gasteiger partial charge is 0.357 e. The van der Waals surface area contributed by atoms with Gasteiger partial charge in [0.25, 0.3) is 0 Å². The molecule has 0 fully saturated rings. The molecule has 25 heavy (non-hydrogen) atoms. The number of carbonyl (C=O) groups is 1. The molecule has 8 heteroatoms. The molecule has 0 aliphatic carbocycles. The van der Waals surface area contributed by atoms with Crippen molar-refractivity contribution in [3.8, 4) is 0 Å². The van der Waals surface area contributed by atoms with Gasteiger partial charge in [-0.05, 0) is 25.1 Å². The minimum absolute atomic E-state index is 0. The highest BCUT2D eigenvalue weighted by Gasteiger charge is 2.05. The number of nitrogens with zero attached hydrogens (tertiary/aromatic N) is 2. The third-order valence-electron chi connectivity index (χ3n) is 3.07. The van der Waals surface area contributed by atoms with Crippen molar-refractivity contribution >= 4 is 41.5 Å². The molecule has 134 valence electrons. The summed E-state index contributed by atoms with van der Waals surface area (Å²) in [5.41, 5.74) is 1.12. The molecule has 0 aliphatic heterocycles. The Kier molecular flexibility index (Phi) is 9.45. The molecule has 0 bridgehead atoms. The third-order valence-corrected chi connectivity index (χ3v) is 3.07. The maximum absolute atomic E-state index is 13.6. The first-order chi connectivity index (χ1) is 11.7. The maximum atomic E-state index is 13.6. The van der Waals surface area contributed by atoms with Crippen LogP contribution in [0.2, 0.25) is 0 Å². The number of guanidine groups is 1. The van der Waals surface area contributed by atoms with Gasteiger partial charge in [0.2, 0.25) is 5.91 Å². The molecule has 0 radical (unpaired) electrons. The van der Waals surface area contributed by atoms with Crippen molar-refractivity contribution in [3.05, 3.63) is 60.2 Å². The zero-order chi connectivity index (χ0) is 17.2. The predicted molar refractivity (Wildman–Crippen MR) is 108 cm³/mol.